The van der Waals surface area contributed by atoms with Crippen molar-refractivity contribution in [2.24, 2.45) is 0 Å². The minimum absolute atomic E-state index is 0.145. The molecule has 0 aliphatic carbocycles. The van der Waals surface area contributed by atoms with Gasteiger partial charge in [0.15, 0.2) is 4.34 Å². The summed E-state index contributed by atoms with van der Waals surface area (Å²) >= 11 is 17.6. The number of aromatic nitrogens is 2. The average molecular weight is 518 g/mol. The maximum atomic E-state index is 12.3. The van der Waals surface area contributed by atoms with Gasteiger partial charge in [-0.25, -0.2) is 0 Å². The van der Waals surface area contributed by atoms with Crippen LogP contribution in [0.2, 0.25) is 10.0 Å². The molecule has 3 rings (SSSR count). The molecular weight excluding hydrogens is 507 g/mol. The summed E-state index contributed by atoms with van der Waals surface area (Å²) in [5.41, 5.74) is 0.940. The smallest absolute Gasteiger partial charge is 0.259 e. The van der Waals surface area contributed by atoms with Gasteiger partial charge in [-0.05, 0) is 36.4 Å². The van der Waals surface area contributed by atoms with Crippen molar-refractivity contribution in [3.05, 3.63) is 62.5 Å². The zero-order chi connectivity index (χ0) is 20.1. The third-order valence-electron chi connectivity index (χ3n) is 3.24. The number of amides is 2. The molecule has 11 heteroatoms. The van der Waals surface area contributed by atoms with Gasteiger partial charge in [-0.3, -0.25) is 14.9 Å². The van der Waals surface area contributed by atoms with Crippen LogP contribution >= 0.6 is 62.2 Å². The number of thioether (sulfide) groups is 1. The summed E-state index contributed by atoms with van der Waals surface area (Å²) in [6.45, 7) is 0. The molecular formula is C17H11BrCl2N4O2S2. The number of benzene rings is 2. The summed E-state index contributed by atoms with van der Waals surface area (Å²) in [7, 11) is 0. The van der Waals surface area contributed by atoms with E-state index in [9.17, 15) is 9.59 Å². The van der Waals surface area contributed by atoms with E-state index >= 15 is 0 Å². The Balaban J connectivity index is 1.54. The third-order valence-corrected chi connectivity index (χ3v) is 6.27. The van der Waals surface area contributed by atoms with Crippen LogP contribution in [0.1, 0.15) is 10.4 Å². The Morgan fingerprint density at radius 3 is 2.71 bits per heavy atom. The predicted molar refractivity (Wildman–Crippen MR) is 118 cm³/mol. The third kappa shape index (κ3) is 5.92. The molecule has 1 heterocycles. The van der Waals surface area contributed by atoms with E-state index in [0.717, 1.165) is 4.47 Å². The Bertz CT molecular complexity index is 1030. The molecule has 0 aliphatic heterocycles. The maximum absolute atomic E-state index is 12.3. The number of halogens is 3. The Morgan fingerprint density at radius 2 is 1.93 bits per heavy atom. The van der Waals surface area contributed by atoms with E-state index < -0.39 is 5.91 Å². The Hall–Kier alpha value is -1.65. The molecule has 2 N–H and O–H groups in total. The highest BCUT2D eigenvalue weighted by Crippen LogP contribution is 2.27. The predicted octanol–water partition coefficient (Wildman–Crippen LogP) is 5.59. The van der Waals surface area contributed by atoms with E-state index in [1.54, 1.807) is 42.5 Å². The van der Waals surface area contributed by atoms with Crippen LogP contribution in [-0.4, -0.2) is 27.8 Å². The second-order valence-corrected chi connectivity index (χ2v) is 9.26. The molecule has 3 aromatic rings. The lowest BCUT2D eigenvalue weighted by atomic mass is 10.2. The Labute approximate surface area is 187 Å². The van der Waals surface area contributed by atoms with Crippen LogP contribution in [0.5, 0.6) is 0 Å². The molecule has 6 nitrogen and oxygen atoms in total. The minimum Gasteiger partial charge on any atom is -0.325 e. The second-order valence-electron chi connectivity index (χ2n) is 5.30. The minimum atomic E-state index is -0.391. The van der Waals surface area contributed by atoms with Crippen LogP contribution in [0.4, 0.5) is 10.8 Å². The largest absolute Gasteiger partial charge is 0.325 e. The summed E-state index contributed by atoms with van der Waals surface area (Å²) < 4.78 is 1.29. The maximum Gasteiger partial charge on any atom is 0.259 e. The summed E-state index contributed by atoms with van der Waals surface area (Å²) in [6.07, 6.45) is 0. The van der Waals surface area contributed by atoms with Crippen LogP contribution < -0.4 is 10.6 Å². The van der Waals surface area contributed by atoms with Crippen LogP contribution in [0.25, 0.3) is 0 Å². The van der Waals surface area contributed by atoms with E-state index in [1.165, 1.54) is 23.1 Å². The molecule has 0 radical (unpaired) electrons. The van der Waals surface area contributed by atoms with Crippen molar-refractivity contribution < 1.29 is 9.59 Å². The number of hydrogen-bond acceptors (Lipinski definition) is 6. The van der Waals surface area contributed by atoms with Gasteiger partial charge < -0.3 is 5.32 Å². The molecule has 0 fully saturated rings. The first-order chi connectivity index (χ1) is 13.4. The van der Waals surface area contributed by atoms with Crippen LogP contribution in [0.3, 0.4) is 0 Å². The van der Waals surface area contributed by atoms with E-state index in [2.05, 4.69) is 36.8 Å². The molecule has 0 saturated carbocycles. The van der Waals surface area contributed by atoms with Gasteiger partial charge in [0.1, 0.15) is 0 Å². The van der Waals surface area contributed by atoms with Crippen molar-refractivity contribution in [3.63, 3.8) is 0 Å². The SMILES string of the molecule is O=C(CSc1nnc(NC(=O)c2cc(Br)ccc2Cl)s1)Nc1cccc(Cl)c1. The van der Waals surface area contributed by atoms with Crippen molar-refractivity contribution in [1.29, 1.82) is 0 Å². The monoisotopic (exact) mass is 516 g/mol. The van der Waals surface area contributed by atoms with E-state index in [-0.39, 0.29) is 11.7 Å². The second kappa shape index (κ2) is 9.71. The quantitative estimate of drug-likeness (QED) is 0.329. The van der Waals surface area contributed by atoms with Gasteiger partial charge in [0, 0.05) is 15.2 Å². The van der Waals surface area contributed by atoms with E-state index in [4.69, 9.17) is 23.2 Å². The zero-order valence-electron chi connectivity index (χ0n) is 13.9. The fourth-order valence-corrected chi connectivity index (χ4v) is 4.35. The Kier molecular flexibility index (Phi) is 7.30. The van der Waals surface area contributed by atoms with Crippen molar-refractivity contribution in [2.45, 2.75) is 4.34 Å². The molecule has 0 saturated heterocycles. The molecule has 144 valence electrons. The van der Waals surface area contributed by atoms with Gasteiger partial charge in [-0.15, -0.1) is 10.2 Å². The molecule has 0 bridgehead atoms. The first-order valence-corrected chi connectivity index (χ1v) is 11.0. The summed E-state index contributed by atoms with van der Waals surface area (Å²) in [6, 6.07) is 11.9. The lowest BCUT2D eigenvalue weighted by Gasteiger charge is -2.04. The number of anilines is 2. The number of hydrogen-bond donors (Lipinski definition) is 2. The van der Waals surface area contributed by atoms with Gasteiger partial charge in [0.2, 0.25) is 11.0 Å². The average Bonchev–Trinajstić information content (AvgIpc) is 3.09. The summed E-state index contributed by atoms with van der Waals surface area (Å²) in [5, 5.41) is 14.5. The fourth-order valence-electron chi connectivity index (χ4n) is 2.05. The fraction of sp³-hybridized carbons (Fsp3) is 0.0588. The van der Waals surface area contributed by atoms with Crippen molar-refractivity contribution in [2.75, 3.05) is 16.4 Å². The zero-order valence-corrected chi connectivity index (χ0v) is 18.6. The van der Waals surface area contributed by atoms with Crippen LogP contribution in [0.15, 0.2) is 51.3 Å². The van der Waals surface area contributed by atoms with Crippen molar-refractivity contribution >= 4 is 84.9 Å². The van der Waals surface area contributed by atoms with Gasteiger partial charge in [0.25, 0.3) is 5.91 Å². The normalized spacial score (nSPS) is 10.5. The highest BCUT2D eigenvalue weighted by molar-refractivity contribution is 9.10. The van der Waals surface area contributed by atoms with Crippen LogP contribution in [0, 0.1) is 0 Å². The number of nitrogens with one attached hydrogen (secondary N) is 2. The molecule has 28 heavy (non-hydrogen) atoms. The molecule has 0 aliphatic rings. The lowest BCUT2D eigenvalue weighted by molar-refractivity contribution is -0.113. The summed E-state index contributed by atoms with van der Waals surface area (Å²) in [5.74, 6) is -0.446. The van der Waals surface area contributed by atoms with Gasteiger partial charge in [0.05, 0.1) is 16.3 Å². The standard InChI is InChI=1S/C17H11BrCl2N4O2S2/c18-9-4-5-13(20)12(6-9)15(26)22-16-23-24-17(28-16)27-8-14(25)21-11-3-1-2-10(19)7-11/h1-7H,8H2,(H,21,25)(H,22,23,26). The Morgan fingerprint density at radius 1 is 1.11 bits per heavy atom. The first kappa shape index (κ1) is 21.1. The van der Waals surface area contributed by atoms with E-state index in [1.807, 2.05) is 0 Å². The van der Waals surface area contributed by atoms with Crippen molar-refractivity contribution in [3.8, 4) is 0 Å². The highest BCUT2D eigenvalue weighted by Gasteiger charge is 2.15. The molecule has 0 atom stereocenters. The van der Waals surface area contributed by atoms with Gasteiger partial charge in [-0.2, -0.15) is 0 Å². The number of carbonyl (C=O) groups excluding carboxylic acids is 2. The van der Waals surface area contributed by atoms with Gasteiger partial charge >= 0.3 is 0 Å². The highest BCUT2D eigenvalue weighted by atomic mass is 79.9. The first-order valence-electron chi connectivity index (χ1n) is 7.69. The summed E-state index contributed by atoms with van der Waals surface area (Å²) in [4.78, 5) is 24.4. The molecule has 0 spiro atoms. The van der Waals surface area contributed by atoms with E-state index in [0.29, 0.717) is 30.8 Å². The van der Waals surface area contributed by atoms with Gasteiger partial charge in [-0.1, -0.05) is 68.3 Å². The topological polar surface area (TPSA) is 84.0 Å². The lowest BCUT2D eigenvalue weighted by Crippen LogP contribution is -2.13. The molecule has 2 aromatic carbocycles. The molecule has 2 amide bonds. The molecule has 0 unspecified atom stereocenters. The van der Waals surface area contributed by atoms with Crippen LogP contribution in [-0.2, 0) is 4.79 Å². The molecule has 1 aromatic heterocycles. The number of rotatable bonds is 6. The number of nitrogens with zero attached hydrogens (tertiary/aromatic N) is 2. The van der Waals surface area contributed by atoms with Crippen molar-refractivity contribution in [1.82, 2.24) is 10.2 Å². The number of carbonyl (C=O) groups is 2.